The second-order valence-corrected chi connectivity index (χ2v) is 8.18. The second kappa shape index (κ2) is 10.3. The maximum absolute atomic E-state index is 12.5. The first-order valence-electron chi connectivity index (χ1n) is 10.1. The van der Waals surface area contributed by atoms with E-state index in [4.69, 9.17) is 4.74 Å². The van der Waals surface area contributed by atoms with Crippen molar-refractivity contribution in [2.45, 2.75) is 47.1 Å². The minimum atomic E-state index is 0.00796. The lowest BCUT2D eigenvalue weighted by atomic mass is 9.69. The number of ether oxygens (including phenoxy) is 1. The molecule has 2 amide bonds. The maximum atomic E-state index is 12.5. The molecule has 3 atom stereocenters. The van der Waals surface area contributed by atoms with Crippen LogP contribution in [0.15, 0.2) is 35.9 Å². The Morgan fingerprint density at radius 2 is 1.86 bits per heavy atom. The number of carbonyl (C=O) groups is 2. The maximum Gasteiger partial charge on any atom is 0.220 e. The summed E-state index contributed by atoms with van der Waals surface area (Å²) in [6.07, 6.45) is 3.76. The molecule has 154 valence electrons. The number of hydrogen-bond donors (Lipinski definition) is 2. The molecule has 0 fully saturated rings. The van der Waals surface area contributed by atoms with Crippen LogP contribution in [0.3, 0.4) is 0 Å². The van der Waals surface area contributed by atoms with Crippen LogP contribution in [0.25, 0.3) is 0 Å². The molecule has 2 N–H and O–H groups in total. The number of rotatable bonds is 8. The molecule has 5 heteroatoms. The molecule has 0 aliphatic heterocycles. The van der Waals surface area contributed by atoms with Crippen molar-refractivity contribution < 1.29 is 14.3 Å². The molecular weight excluding hydrogens is 352 g/mol. The molecule has 3 unspecified atom stereocenters. The smallest absolute Gasteiger partial charge is 0.220 e. The highest BCUT2D eigenvalue weighted by atomic mass is 16.5. The van der Waals surface area contributed by atoms with Gasteiger partial charge >= 0.3 is 0 Å². The number of methoxy groups -OCH3 is 1. The SMILES string of the molecule is COc1ccc(CNC(=O)CC2CC(C(C)C)C(CNC(C)=O)C=C2C)cc1. The summed E-state index contributed by atoms with van der Waals surface area (Å²) in [5.41, 5.74) is 2.31. The fourth-order valence-corrected chi connectivity index (χ4v) is 4.01. The van der Waals surface area contributed by atoms with Gasteiger partial charge in [-0.25, -0.2) is 0 Å². The largest absolute Gasteiger partial charge is 0.497 e. The standard InChI is InChI=1S/C23H34N2O3/c1-15(2)22-11-19(16(3)10-20(22)14-24-17(4)26)12-23(27)25-13-18-6-8-21(28-5)9-7-18/h6-10,15,19-20,22H,11-14H2,1-5H3,(H,24,26)(H,25,27). The van der Waals surface area contributed by atoms with Crippen LogP contribution in [0, 0.1) is 23.7 Å². The van der Waals surface area contributed by atoms with Gasteiger partial charge in [0, 0.05) is 26.4 Å². The summed E-state index contributed by atoms with van der Waals surface area (Å²) in [6, 6.07) is 7.73. The van der Waals surface area contributed by atoms with E-state index in [1.54, 1.807) is 14.0 Å². The molecule has 1 aliphatic rings. The molecule has 0 radical (unpaired) electrons. The Kier molecular flexibility index (Phi) is 8.09. The summed E-state index contributed by atoms with van der Waals surface area (Å²) in [7, 11) is 1.64. The van der Waals surface area contributed by atoms with E-state index in [0.29, 0.717) is 37.3 Å². The first kappa shape index (κ1) is 22.0. The molecular formula is C23H34N2O3. The van der Waals surface area contributed by atoms with Crippen LogP contribution >= 0.6 is 0 Å². The fourth-order valence-electron chi connectivity index (χ4n) is 4.01. The van der Waals surface area contributed by atoms with Gasteiger partial charge in [-0.15, -0.1) is 0 Å². The van der Waals surface area contributed by atoms with Crippen LogP contribution in [-0.4, -0.2) is 25.5 Å². The van der Waals surface area contributed by atoms with Gasteiger partial charge in [-0.2, -0.15) is 0 Å². The second-order valence-electron chi connectivity index (χ2n) is 8.18. The van der Waals surface area contributed by atoms with E-state index in [0.717, 1.165) is 17.7 Å². The van der Waals surface area contributed by atoms with E-state index < -0.39 is 0 Å². The van der Waals surface area contributed by atoms with Crippen LogP contribution in [0.4, 0.5) is 0 Å². The van der Waals surface area contributed by atoms with Gasteiger partial charge in [0.25, 0.3) is 0 Å². The average molecular weight is 387 g/mol. The summed E-state index contributed by atoms with van der Waals surface area (Å²) in [6.45, 7) is 9.31. The van der Waals surface area contributed by atoms with Crippen molar-refractivity contribution in [1.82, 2.24) is 10.6 Å². The highest BCUT2D eigenvalue weighted by molar-refractivity contribution is 5.76. The Balaban J connectivity index is 1.93. The van der Waals surface area contributed by atoms with E-state index in [1.165, 1.54) is 5.57 Å². The molecule has 2 rings (SSSR count). The molecule has 0 saturated carbocycles. The number of benzene rings is 1. The van der Waals surface area contributed by atoms with Crippen LogP contribution < -0.4 is 15.4 Å². The van der Waals surface area contributed by atoms with Crippen LogP contribution in [0.2, 0.25) is 0 Å². The summed E-state index contributed by atoms with van der Waals surface area (Å²) in [5.74, 6) is 2.47. The third-order valence-corrected chi connectivity index (χ3v) is 5.75. The Hall–Kier alpha value is -2.30. The van der Waals surface area contributed by atoms with Crippen molar-refractivity contribution in [2.75, 3.05) is 13.7 Å². The molecule has 0 saturated heterocycles. The van der Waals surface area contributed by atoms with Crippen molar-refractivity contribution in [3.63, 3.8) is 0 Å². The van der Waals surface area contributed by atoms with Gasteiger partial charge in [-0.3, -0.25) is 9.59 Å². The Morgan fingerprint density at radius 3 is 2.43 bits per heavy atom. The highest BCUT2D eigenvalue weighted by Gasteiger charge is 2.32. The molecule has 1 aromatic carbocycles. The number of amides is 2. The molecule has 1 aliphatic carbocycles. The van der Waals surface area contributed by atoms with Gasteiger partial charge in [0.05, 0.1) is 7.11 Å². The van der Waals surface area contributed by atoms with Crippen LogP contribution in [0.5, 0.6) is 5.75 Å². The molecule has 28 heavy (non-hydrogen) atoms. The molecule has 5 nitrogen and oxygen atoms in total. The van der Waals surface area contributed by atoms with Crippen LogP contribution in [-0.2, 0) is 16.1 Å². The average Bonchev–Trinajstić information content (AvgIpc) is 2.66. The van der Waals surface area contributed by atoms with Crippen molar-refractivity contribution in [1.29, 1.82) is 0 Å². The molecule has 0 bridgehead atoms. The predicted octanol–water partition coefficient (Wildman–Crippen LogP) is 3.69. The van der Waals surface area contributed by atoms with Gasteiger partial charge in [-0.1, -0.05) is 37.6 Å². The minimum absolute atomic E-state index is 0.00796. The zero-order valence-corrected chi connectivity index (χ0v) is 17.7. The first-order valence-corrected chi connectivity index (χ1v) is 10.1. The first-order chi connectivity index (χ1) is 13.3. The van der Waals surface area contributed by atoms with E-state index in [9.17, 15) is 9.59 Å². The van der Waals surface area contributed by atoms with Crippen LogP contribution in [0.1, 0.15) is 46.1 Å². The Labute approximate surface area is 168 Å². The van der Waals surface area contributed by atoms with E-state index >= 15 is 0 Å². The number of allylic oxidation sites excluding steroid dienone is 1. The number of hydrogen-bond acceptors (Lipinski definition) is 3. The summed E-state index contributed by atoms with van der Waals surface area (Å²) in [5, 5.41) is 5.99. The van der Waals surface area contributed by atoms with Crippen molar-refractivity contribution in [3.8, 4) is 5.75 Å². The normalized spacial score (nSPS) is 21.8. The Bertz CT molecular complexity index is 694. The third kappa shape index (κ3) is 6.39. The molecule has 0 heterocycles. The Morgan fingerprint density at radius 1 is 1.18 bits per heavy atom. The zero-order valence-electron chi connectivity index (χ0n) is 17.7. The van der Waals surface area contributed by atoms with Gasteiger partial charge < -0.3 is 15.4 Å². The van der Waals surface area contributed by atoms with Gasteiger partial charge in [-0.05, 0) is 54.7 Å². The lowest BCUT2D eigenvalue weighted by molar-refractivity contribution is -0.122. The zero-order chi connectivity index (χ0) is 20.7. The predicted molar refractivity (Wildman–Crippen MR) is 112 cm³/mol. The number of nitrogens with one attached hydrogen (secondary N) is 2. The lowest BCUT2D eigenvalue weighted by Gasteiger charge is -2.37. The molecule has 1 aromatic rings. The summed E-state index contributed by atoms with van der Waals surface area (Å²) >= 11 is 0. The topological polar surface area (TPSA) is 67.4 Å². The van der Waals surface area contributed by atoms with E-state index in [2.05, 4.69) is 37.5 Å². The fraction of sp³-hybridized carbons (Fsp3) is 0.565. The van der Waals surface area contributed by atoms with Crippen molar-refractivity contribution in [2.24, 2.45) is 23.7 Å². The van der Waals surface area contributed by atoms with E-state index in [-0.39, 0.29) is 17.7 Å². The molecule has 0 aromatic heterocycles. The van der Waals surface area contributed by atoms with Crippen molar-refractivity contribution >= 4 is 11.8 Å². The summed E-state index contributed by atoms with van der Waals surface area (Å²) in [4.78, 5) is 23.8. The van der Waals surface area contributed by atoms with Gasteiger partial charge in [0.15, 0.2) is 0 Å². The van der Waals surface area contributed by atoms with Gasteiger partial charge in [0.1, 0.15) is 5.75 Å². The van der Waals surface area contributed by atoms with E-state index in [1.807, 2.05) is 24.3 Å². The third-order valence-electron chi connectivity index (χ3n) is 5.75. The quantitative estimate of drug-likeness (QED) is 0.670. The van der Waals surface area contributed by atoms with Crippen molar-refractivity contribution in [3.05, 3.63) is 41.5 Å². The highest BCUT2D eigenvalue weighted by Crippen LogP contribution is 2.38. The monoisotopic (exact) mass is 386 g/mol. The number of carbonyl (C=O) groups excluding carboxylic acids is 2. The molecule has 0 spiro atoms. The summed E-state index contributed by atoms with van der Waals surface area (Å²) < 4.78 is 5.16. The lowest BCUT2D eigenvalue weighted by Crippen LogP contribution is -2.37. The van der Waals surface area contributed by atoms with Gasteiger partial charge in [0.2, 0.25) is 11.8 Å². The minimum Gasteiger partial charge on any atom is -0.497 e.